The second-order valence-electron chi connectivity index (χ2n) is 4.45. The van der Waals surface area contributed by atoms with Crippen LogP contribution in [0.2, 0.25) is 5.02 Å². The smallest absolute Gasteiger partial charge is 0.265 e. The number of alkyl halides is 3. The fraction of sp³-hybridized carbons (Fsp3) is 0.0667. The summed E-state index contributed by atoms with van der Waals surface area (Å²) in [5.41, 5.74) is 0.328. The van der Waals surface area contributed by atoms with Crippen molar-refractivity contribution in [3.05, 3.63) is 59.4 Å². The molecule has 0 bridgehead atoms. The van der Waals surface area contributed by atoms with E-state index in [1.54, 1.807) is 12.1 Å². The van der Waals surface area contributed by atoms with Crippen LogP contribution in [0.5, 0.6) is 0 Å². The van der Waals surface area contributed by atoms with E-state index < -0.39 is 11.7 Å². The zero-order valence-corrected chi connectivity index (χ0v) is 11.3. The number of hydrogen-bond donors (Lipinski definition) is 0. The van der Waals surface area contributed by atoms with E-state index in [4.69, 9.17) is 11.6 Å². The first kappa shape index (κ1) is 13.8. The molecule has 0 saturated carbocycles. The Hall–Kier alpha value is -2.14. The Morgan fingerprint density at radius 3 is 2.33 bits per heavy atom. The van der Waals surface area contributed by atoms with Gasteiger partial charge in [0.2, 0.25) is 0 Å². The van der Waals surface area contributed by atoms with Gasteiger partial charge in [-0.25, -0.2) is 4.98 Å². The third-order valence-corrected chi connectivity index (χ3v) is 3.29. The summed E-state index contributed by atoms with van der Waals surface area (Å²) < 4.78 is 39.8. The molecule has 106 valence electrons. The van der Waals surface area contributed by atoms with Crippen molar-refractivity contribution in [2.24, 2.45) is 0 Å². The number of benzene rings is 1. The molecule has 2 aromatic heterocycles. The van der Waals surface area contributed by atoms with E-state index in [1.165, 1.54) is 30.6 Å². The highest BCUT2D eigenvalue weighted by Gasteiger charge is 2.33. The lowest BCUT2D eigenvalue weighted by atomic mass is 10.0. The van der Waals surface area contributed by atoms with Crippen LogP contribution in [0.4, 0.5) is 13.2 Å². The standard InChI is InChI=1S/C15H8ClF3N2/c16-10-1-2-13-11(7-10)12(15(17,18)19)8-14(21-13)9-3-5-20-6-4-9/h1-8H. The molecular weight excluding hydrogens is 301 g/mol. The molecule has 0 spiro atoms. The SMILES string of the molecule is FC(F)(F)c1cc(-c2ccncc2)nc2ccc(Cl)cc12. The van der Waals surface area contributed by atoms with Crippen LogP contribution >= 0.6 is 11.6 Å². The molecule has 3 rings (SSSR count). The molecule has 0 N–H and O–H groups in total. The number of aromatic nitrogens is 2. The molecule has 0 radical (unpaired) electrons. The molecule has 0 aliphatic carbocycles. The second-order valence-corrected chi connectivity index (χ2v) is 4.89. The first-order valence-corrected chi connectivity index (χ1v) is 6.41. The maximum atomic E-state index is 13.3. The molecule has 0 aliphatic heterocycles. The zero-order chi connectivity index (χ0) is 15.0. The van der Waals surface area contributed by atoms with Crippen molar-refractivity contribution >= 4 is 22.5 Å². The second kappa shape index (κ2) is 5.00. The summed E-state index contributed by atoms with van der Waals surface area (Å²) in [6.07, 6.45) is -1.46. The number of rotatable bonds is 1. The summed E-state index contributed by atoms with van der Waals surface area (Å²) in [7, 11) is 0. The Balaban J connectivity index is 2.33. The minimum atomic E-state index is -4.48. The lowest BCUT2D eigenvalue weighted by molar-refractivity contribution is -0.136. The van der Waals surface area contributed by atoms with Gasteiger partial charge < -0.3 is 0 Å². The predicted molar refractivity (Wildman–Crippen MR) is 75.0 cm³/mol. The van der Waals surface area contributed by atoms with Crippen LogP contribution in [0, 0.1) is 0 Å². The van der Waals surface area contributed by atoms with Crippen LogP contribution in [0.1, 0.15) is 5.56 Å². The van der Waals surface area contributed by atoms with E-state index in [0.29, 0.717) is 5.56 Å². The Kier molecular flexibility index (Phi) is 3.29. The molecular formula is C15H8ClF3N2. The highest BCUT2D eigenvalue weighted by atomic mass is 35.5. The van der Waals surface area contributed by atoms with Gasteiger partial charge in [0.25, 0.3) is 0 Å². The van der Waals surface area contributed by atoms with Crippen LogP contribution in [0.25, 0.3) is 22.2 Å². The van der Waals surface area contributed by atoms with Gasteiger partial charge in [-0.05, 0) is 36.4 Å². The van der Waals surface area contributed by atoms with Crippen molar-refractivity contribution in [2.45, 2.75) is 6.18 Å². The lowest BCUT2D eigenvalue weighted by Crippen LogP contribution is -2.07. The van der Waals surface area contributed by atoms with Gasteiger partial charge in [0.05, 0.1) is 16.8 Å². The van der Waals surface area contributed by atoms with E-state index in [-0.39, 0.29) is 21.6 Å². The van der Waals surface area contributed by atoms with Crippen LogP contribution < -0.4 is 0 Å². The van der Waals surface area contributed by atoms with Crippen molar-refractivity contribution in [1.29, 1.82) is 0 Å². The quantitative estimate of drug-likeness (QED) is 0.634. The third kappa shape index (κ3) is 2.69. The Morgan fingerprint density at radius 2 is 1.67 bits per heavy atom. The third-order valence-electron chi connectivity index (χ3n) is 3.05. The van der Waals surface area contributed by atoms with E-state index in [2.05, 4.69) is 9.97 Å². The summed E-state index contributed by atoms with van der Waals surface area (Å²) in [5, 5.41) is 0.235. The van der Waals surface area contributed by atoms with Crippen LogP contribution in [0.3, 0.4) is 0 Å². The molecule has 0 amide bonds. The molecule has 0 unspecified atom stereocenters. The normalized spacial score (nSPS) is 11.8. The zero-order valence-electron chi connectivity index (χ0n) is 10.5. The molecule has 0 atom stereocenters. The van der Waals surface area contributed by atoms with Crippen LogP contribution in [0.15, 0.2) is 48.8 Å². The molecule has 1 aromatic carbocycles. The molecule has 2 heterocycles. The average Bonchev–Trinajstić information content (AvgIpc) is 2.46. The van der Waals surface area contributed by atoms with E-state index in [9.17, 15) is 13.2 Å². The fourth-order valence-electron chi connectivity index (χ4n) is 2.10. The Labute approximate surface area is 123 Å². The minimum Gasteiger partial charge on any atom is -0.265 e. The maximum absolute atomic E-state index is 13.3. The van der Waals surface area contributed by atoms with Crippen molar-refractivity contribution in [3.8, 4) is 11.3 Å². The monoisotopic (exact) mass is 308 g/mol. The molecule has 0 fully saturated rings. The van der Waals surface area contributed by atoms with Gasteiger partial charge in [0.1, 0.15) is 0 Å². The van der Waals surface area contributed by atoms with Gasteiger partial charge >= 0.3 is 6.18 Å². The average molecular weight is 309 g/mol. The largest absolute Gasteiger partial charge is 0.417 e. The summed E-state index contributed by atoms with van der Waals surface area (Å²) in [6.45, 7) is 0. The van der Waals surface area contributed by atoms with E-state index in [0.717, 1.165) is 6.07 Å². The Morgan fingerprint density at radius 1 is 0.952 bits per heavy atom. The molecule has 2 nitrogen and oxygen atoms in total. The topological polar surface area (TPSA) is 25.8 Å². The van der Waals surface area contributed by atoms with Gasteiger partial charge in [-0.1, -0.05) is 11.6 Å². The minimum absolute atomic E-state index is 0.00666. The van der Waals surface area contributed by atoms with Crippen molar-refractivity contribution < 1.29 is 13.2 Å². The number of hydrogen-bond acceptors (Lipinski definition) is 2. The highest BCUT2D eigenvalue weighted by molar-refractivity contribution is 6.31. The fourth-order valence-corrected chi connectivity index (χ4v) is 2.28. The van der Waals surface area contributed by atoms with Crippen LogP contribution in [-0.4, -0.2) is 9.97 Å². The van der Waals surface area contributed by atoms with Crippen molar-refractivity contribution in [2.75, 3.05) is 0 Å². The summed E-state index contributed by atoms with van der Waals surface area (Å²) >= 11 is 5.79. The maximum Gasteiger partial charge on any atom is 0.417 e. The molecule has 0 aliphatic rings. The first-order chi connectivity index (χ1) is 9.95. The molecule has 0 saturated heterocycles. The van der Waals surface area contributed by atoms with Gasteiger partial charge in [-0.15, -0.1) is 0 Å². The predicted octanol–water partition coefficient (Wildman–Crippen LogP) is 4.97. The van der Waals surface area contributed by atoms with Gasteiger partial charge in [0.15, 0.2) is 0 Å². The van der Waals surface area contributed by atoms with Gasteiger partial charge in [0, 0.05) is 28.4 Å². The number of nitrogens with zero attached hydrogens (tertiary/aromatic N) is 2. The van der Waals surface area contributed by atoms with Crippen LogP contribution in [-0.2, 0) is 6.18 Å². The lowest BCUT2D eigenvalue weighted by Gasteiger charge is -2.12. The molecule has 6 heteroatoms. The van der Waals surface area contributed by atoms with Gasteiger partial charge in [-0.3, -0.25) is 4.98 Å². The summed E-state index contributed by atoms with van der Waals surface area (Å²) in [6, 6.07) is 8.55. The number of pyridine rings is 2. The molecule has 3 aromatic rings. The highest BCUT2D eigenvalue weighted by Crippen LogP contribution is 2.37. The number of halogens is 4. The molecule has 21 heavy (non-hydrogen) atoms. The summed E-state index contributed by atoms with van der Waals surface area (Å²) in [4.78, 5) is 8.12. The number of fused-ring (bicyclic) bond motifs is 1. The first-order valence-electron chi connectivity index (χ1n) is 6.03. The van der Waals surface area contributed by atoms with E-state index in [1.807, 2.05) is 0 Å². The van der Waals surface area contributed by atoms with Crippen molar-refractivity contribution in [3.63, 3.8) is 0 Å². The Bertz CT molecular complexity index is 801. The van der Waals surface area contributed by atoms with Gasteiger partial charge in [-0.2, -0.15) is 13.2 Å². The van der Waals surface area contributed by atoms with E-state index >= 15 is 0 Å². The van der Waals surface area contributed by atoms with Crippen molar-refractivity contribution in [1.82, 2.24) is 9.97 Å². The summed E-state index contributed by atoms with van der Waals surface area (Å²) in [5.74, 6) is 0.